The van der Waals surface area contributed by atoms with Gasteiger partial charge in [0.25, 0.3) is 0 Å². The highest BCUT2D eigenvalue weighted by Gasteiger charge is 2.25. The Balaban J connectivity index is 1.93. The summed E-state index contributed by atoms with van der Waals surface area (Å²) in [6, 6.07) is 11.4. The number of rotatable bonds is 6. The van der Waals surface area contributed by atoms with Crippen LogP contribution in [0.2, 0.25) is 0 Å². The van der Waals surface area contributed by atoms with Crippen LogP contribution in [0.15, 0.2) is 30.3 Å². The number of sulfone groups is 1. The topological polar surface area (TPSA) is 49.4 Å². The van der Waals surface area contributed by atoms with E-state index in [1.807, 2.05) is 6.07 Å². The summed E-state index contributed by atoms with van der Waals surface area (Å²) < 4.78 is 22.6. The van der Waals surface area contributed by atoms with E-state index in [-0.39, 0.29) is 5.75 Å². The summed E-state index contributed by atoms with van der Waals surface area (Å²) in [6.07, 6.45) is 3.05. The van der Waals surface area contributed by atoms with E-state index in [0.29, 0.717) is 12.1 Å². The molecular formula is C16H26N2O2S. The summed E-state index contributed by atoms with van der Waals surface area (Å²) in [5, 5.41) is 3.53. The van der Waals surface area contributed by atoms with Gasteiger partial charge in [-0.2, -0.15) is 0 Å². The van der Waals surface area contributed by atoms with Crippen molar-refractivity contribution in [2.75, 3.05) is 31.6 Å². The minimum absolute atomic E-state index is 0.281. The van der Waals surface area contributed by atoms with Crippen molar-refractivity contribution < 1.29 is 8.42 Å². The molecule has 1 aromatic rings. The fourth-order valence-electron chi connectivity index (χ4n) is 2.92. The molecule has 1 aliphatic heterocycles. The third-order valence-corrected chi connectivity index (χ3v) is 5.03. The first kappa shape index (κ1) is 16.5. The zero-order valence-electron chi connectivity index (χ0n) is 13.0. The largest absolute Gasteiger partial charge is 0.311 e. The zero-order chi connectivity index (χ0) is 15.3. The number of nitrogens with zero attached hydrogens (tertiary/aromatic N) is 1. The van der Waals surface area contributed by atoms with E-state index < -0.39 is 9.84 Å². The molecule has 0 saturated carbocycles. The van der Waals surface area contributed by atoms with Crippen LogP contribution in [-0.4, -0.2) is 57.0 Å². The number of hydrogen-bond donors (Lipinski definition) is 1. The van der Waals surface area contributed by atoms with Gasteiger partial charge < -0.3 is 5.32 Å². The molecule has 0 amide bonds. The van der Waals surface area contributed by atoms with Crippen LogP contribution in [0, 0.1) is 0 Å². The van der Waals surface area contributed by atoms with Gasteiger partial charge in [-0.1, -0.05) is 30.3 Å². The van der Waals surface area contributed by atoms with E-state index in [2.05, 4.69) is 41.4 Å². The van der Waals surface area contributed by atoms with Gasteiger partial charge in [0, 0.05) is 31.4 Å². The standard InChI is InChI=1S/C16H26N2O2S/c1-14-13-18(9-6-10-21(2,19)20)16(12-17-14)11-15-7-4-3-5-8-15/h3-5,7-8,14,16-17H,6,9-13H2,1-2H3. The quantitative estimate of drug-likeness (QED) is 0.861. The molecule has 1 saturated heterocycles. The Hall–Kier alpha value is -0.910. The highest BCUT2D eigenvalue weighted by Crippen LogP contribution is 2.14. The predicted octanol–water partition coefficient (Wildman–Crippen LogP) is 1.33. The van der Waals surface area contributed by atoms with Crippen molar-refractivity contribution in [1.29, 1.82) is 0 Å². The van der Waals surface area contributed by atoms with Crippen LogP contribution < -0.4 is 5.32 Å². The lowest BCUT2D eigenvalue weighted by atomic mass is 10.0. The number of nitrogens with one attached hydrogen (secondary N) is 1. The van der Waals surface area contributed by atoms with Crippen LogP contribution in [0.25, 0.3) is 0 Å². The molecule has 1 aliphatic rings. The van der Waals surface area contributed by atoms with Crippen molar-refractivity contribution in [2.45, 2.75) is 31.8 Å². The van der Waals surface area contributed by atoms with Gasteiger partial charge in [-0.3, -0.25) is 4.90 Å². The fraction of sp³-hybridized carbons (Fsp3) is 0.625. The zero-order valence-corrected chi connectivity index (χ0v) is 13.8. The second kappa shape index (κ2) is 7.38. The molecule has 1 N–H and O–H groups in total. The summed E-state index contributed by atoms with van der Waals surface area (Å²) in [6.45, 7) is 5.00. The minimum Gasteiger partial charge on any atom is -0.311 e. The minimum atomic E-state index is -2.86. The third-order valence-electron chi connectivity index (χ3n) is 4.00. The van der Waals surface area contributed by atoms with E-state index in [1.165, 1.54) is 11.8 Å². The molecule has 0 radical (unpaired) electrons. The average Bonchev–Trinajstić information content (AvgIpc) is 2.41. The van der Waals surface area contributed by atoms with Gasteiger partial charge in [0.05, 0.1) is 5.75 Å². The first-order valence-electron chi connectivity index (χ1n) is 7.63. The van der Waals surface area contributed by atoms with Crippen molar-refractivity contribution in [1.82, 2.24) is 10.2 Å². The van der Waals surface area contributed by atoms with Crippen LogP contribution >= 0.6 is 0 Å². The SMILES string of the molecule is CC1CN(CCCS(C)(=O)=O)C(Cc2ccccc2)CN1. The first-order valence-corrected chi connectivity index (χ1v) is 9.69. The highest BCUT2D eigenvalue weighted by molar-refractivity contribution is 7.90. The lowest BCUT2D eigenvalue weighted by Gasteiger charge is -2.39. The molecule has 21 heavy (non-hydrogen) atoms. The predicted molar refractivity (Wildman–Crippen MR) is 87.3 cm³/mol. The van der Waals surface area contributed by atoms with Gasteiger partial charge in [0.15, 0.2) is 0 Å². The molecule has 5 heteroatoms. The van der Waals surface area contributed by atoms with Crippen molar-refractivity contribution in [2.24, 2.45) is 0 Å². The van der Waals surface area contributed by atoms with E-state index in [4.69, 9.17) is 0 Å². The third kappa shape index (κ3) is 5.77. The normalized spacial score (nSPS) is 24.1. The molecule has 0 spiro atoms. The average molecular weight is 310 g/mol. The summed E-state index contributed by atoms with van der Waals surface area (Å²) in [5.74, 6) is 0.281. The molecule has 4 nitrogen and oxygen atoms in total. The molecule has 1 heterocycles. The van der Waals surface area contributed by atoms with Crippen molar-refractivity contribution in [3.8, 4) is 0 Å². The smallest absolute Gasteiger partial charge is 0.147 e. The number of piperazine rings is 1. The summed E-state index contributed by atoms with van der Waals surface area (Å²) in [4.78, 5) is 2.44. The van der Waals surface area contributed by atoms with Gasteiger partial charge in [-0.25, -0.2) is 8.42 Å². The summed E-state index contributed by atoms with van der Waals surface area (Å²) >= 11 is 0. The Labute approximate surface area is 128 Å². The van der Waals surface area contributed by atoms with Crippen molar-refractivity contribution >= 4 is 9.84 Å². The molecular weight excluding hydrogens is 284 g/mol. The van der Waals surface area contributed by atoms with E-state index in [9.17, 15) is 8.42 Å². The van der Waals surface area contributed by atoms with Gasteiger partial charge >= 0.3 is 0 Å². The lowest BCUT2D eigenvalue weighted by molar-refractivity contribution is 0.135. The Bertz CT molecular complexity index is 530. The molecule has 118 valence electrons. The molecule has 2 rings (SSSR count). The van der Waals surface area contributed by atoms with Crippen LogP contribution in [0.4, 0.5) is 0 Å². The maximum atomic E-state index is 11.3. The van der Waals surface area contributed by atoms with Crippen LogP contribution in [0.5, 0.6) is 0 Å². The Morgan fingerprint density at radius 1 is 1.29 bits per heavy atom. The Morgan fingerprint density at radius 3 is 2.67 bits per heavy atom. The Morgan fingerprint density at radius 2 is 2.00 bits per heavy atom. The molecule has 0 aliphatic carbocycles. The summed E-state index contributed by atoms with van der Waals surface area (Å²) in [5.41, 5.74) is 1.34. The molecule has 0 aromatic heterocycles. The van der Waals surface area contributed by atoms with E-state index in [1.54, 1.807) is 0 Å². The molecule has 1 fully saturated rings. The van der Waals surface area contributed by atoms with Crippen LogP contribution in [0.3, 0.4) is 0 Å². The maximum Gasteiger partial charge on any atom is 0.147 e. The van der Waals surface area contributed by atoms with Crippen molar-refractivity contribution in [3.63, 3.8) is 0 Å². The first-order chi connectivity index (χ1) is 9.94. The second-order valence-corrected chi connectivity index (χ2v) is 8.39. The molecule has 2 unspecified atom stereocenters. The molecule has 2 atom stereocenters. The van der Waals surface area contributed by atoms with Crippen LogP contribution in [0.1, 0.15) is 18.9 Å². The summed E-state index contributed by atoms with van der Waals surface area (Å²) in [7, 11) is -2.86. The second-order valence-electron chi connectivity index (χ2n) is 6.13. The molecule has 1 aromatic carbocycles. The molecule has 0 bridgehead atoms. The van der Waals surface area contributed by atoms with E-state index in [0.717, 1.165) is 32.5 Å². The van der Waals surface area contributed by atoms with Gasteiger partial charge in [-0.15, -0.1) is 0 Å². The van der Waals surface area contributed by atoms with Gasteiger partial charge in [-0.05, 0) is 31.9 Å². The fourth-order valence-corrected chi connectivity index (χ4v) is 3.58. The van der Waals surface area contributed by atoms with Crippen molar-refractivity contribution in [3.05, 3.63) is 35.9 Å². The van der Waals surface area contributed by atoms with Crippen LogP contribution in [-0.2, 0) is 16.3 Å². The maximum absolute atomic E-state index is 11.3. The number of benzene rings is 1. The van der Waals surface area contributed by atoms with Gasteiger partial charge in [0.1, 0.15) is 9.84 Å². The highest BCUT2D eigenvalue weighted by atomic mass is 32.2. The Kier molecular flexibility index (Phi) is 5.79. The monoisotopic (exact) mass is 310 g/mol. The number of hydrogen-bond acceptors (Lipinski definition) is 4. The lowest BCUT2D eigenvalue weighted by Crippen LogP contribution is -2.56. The van der Waals surface area contributed by atoms with Gasteiger partial charge in [0.2, 0.25) is 0 Å². The van der Waals surface area contributed by atoms with E-state index >= 15 is 0 Å².